The third-order valence-corrected chi connectivity index (χ3v) is 6.24. The first kappa shape index (κ1) is 22.0. The Bertz CT molecular complexity index is 1120. The number of benzene rings is 3. The fourth-order valence-electron chi connectivity index (χ4n) is 3.52. The second-order valence-electron chi connectivity index (χ2n) is 7.82. The van der Waals surface area contributed by atoms with Gasteiger partial charge in [-0.15, -0.1) is 11.8 Å². The molecule has 0 saturated carbocycles. The highest BCUT2D eigenvalue weighted by atomic mass is 32.2. The summed E-state index contributed by atoms with van der Waals surface area (Å²) in [5, 5.41) is 3.94. The normalized spacial score (nSPS) is 12.9. The van der Waals surface area contributed by atoms with E-state index >= 15 is 0 Å². The average molecular weight is 442 g/mol. The molecule has 1 amide bonds. The fourth-order valence-corrected chi connectivity index (χ4v) is 4.32. The van der Waals surface area contributed by atoms with Crippen molar-refractivity contribution in [2.45, 2.75) is 26.2 Å². The van der Waals surface area contributed by atoms with E-state index in [-0.39, 0.29) is 5.91 Å². The predicted molar refractivity (Wildman–Crippen MR) is 136 cm³/mol. The Hall–Kier alpha value is -3.18. The lowest BCUT2D eigenvalue weighted by Gasteiger charge is -2.09. The smallest absolute Gasteiger partial charge is 0.230 e. The number of nitrogens with zero attached hydrogens (tertiary/aromatic N) is 2. The van der Waals surface area contributed by atoms with Crippen LogP contribution in [0.4, 0.5) is 11.4 Å². The summed E-state index contributed by atoms with van der Waals surface area (Å²) in [4.78, 5) is 22.1. The Balaban J connectivity index is 1.36. The summed E-state index contributed by atoms with van der Waals surface area (Å²) in [5.41, 5.74) is 6.29. The zero-order valence-electron chi connectivity index (χ0n) is 18.3. The highest BCUT2D eigenvalue weighted by molar-refractivity contribution is 8.14. The second kappa shape index (κ2) is 10.9. The van der Waals surface area contributed by atoms with E-state index in [0.29, 0.717) is 18.7 Å². The fraction of sp³-hybridized carbons (Fsp3) is 0.222. The first-order valence-electron chi connectivity index (χ1n) is 10.9. The number of carbonyl (C=O) groups is 1. The number of rotatable bonds is 7. The van der Waals surface area contributed by atoms with E-state index in [1.807, 2.05) is 42.5 Å². The minimum atomic E-state index is 0.0390. The van der Waals surface area contributed by atoms with Crippen LogP contribution in [0.1, 0.15) is 29.5 Å². The number of aryl methyl sites for hydroxylation is 2. The monoisotopic (exact) mass is 441 g/mol. The van der Waals surface area contributed by atoms with Crippen LogP contribution in [0.5, 0.6) is 0 Å². The van der Waals surface area contributed by atoms with Crippen molar-refractivity contribution in [3.8, 4) is 0 Å². The van der Waals surface area contributed by atoms with Gasteiger partial charge in [-0.1, -0.05) is 72.3 Å². The third-order valence-electron chi connectivity index (χ3n) is 5.26. The van der Waals surface area contributed by atoms with Crippen LogP contribution in [0.15, 0.2) is 88.8 Å². The van der Waals surface area contributed by atoms with Crippen molar-refractivity contribution in [2.75, 3.05) is 12.3 Å². The van der Waals surface area contributed by atoms with Crippen molar-refractivity contribution in [1.29, 1.82) is 0 Å². The zero-order chi connectivity index (χ0) is 22.2. The van der Waals surface area contributed by atoms with Gasteiger partial charge in [0.2, 0.25) is 5.91 Å². The van der Waals surface area contributed by atoms with Crippen molar-refractivity contribution in [2.24, 2.45) is 9.98 Å². The molecule has 162 valence electrons. The lowest BCUT2D eigenvalue weighted by Crippen LogP contribution is -2.27. The summed E-state index contributed by atoms with van der Waals surface area (Å²) in [6.45, 7) is 2.76. The Labute approximate surface area is 193 Å². The SMILES string of the molecule is Cc1ccc(C2=Nc3ccccc3N=C(SCC(=O)NCCCc3ccccc3)C2)cc1. The molecule has 32 heavy (non-hydrogen) atoms. The number of hydrogen-bond acceptors (Lipinski definition) is 4. The van der Waals surface area contributed by atoms with Crippen LogP contribution >= 0.6 is 11.8 Å². The van der Waals surface area contributed by atoms with E-state index in [9.17, 15) is 4.79 Å². The van der Waals surface area contributed by atoms with Gasteiger partial charge in [-0.3, -0.25) is 9.79 Å². The van der Waals surface area contributed by atoms with Gasteiger partial charge < -0.3 is 5.32 Å². The largest absolute Gasteiger partial charge is 0.355 e. The van der Waals surface area contributed by atoms with Gasteiger partial charge in [-0.2, -0.15) is 0 Å². The number of fused-ring (bicyclic) bond motifs is 1. The quantitative estimate of drug-likeness (QED) is 0.455. The third kappa shape index (κ3) is 6.17. The van der Waals surface area contributed by atoms with Gasteiger partial charge in [-0.05, 0) is 43.0 Å². The van der Waals surface area contributed by atoms with Gasteiger partial charge in [0.25, 0.3) is 0 Å². The molecule has 4 rings (SSSR count). The van der Waals surface area contributed by atoms with Crippen LogP contribution < -0.4 is 5.32 Å². The number of amides is 1. The van der Waals surface area contributed by atoms with Crippen LogP contribution in [-0.4, -0.2) is 29.0 Å². The van der Waals surface area contributed by atoms with Crippen LogP contribution in [0.2, 0.25) is 0 Å². The Morgan fingerprint density at radius 3 is 2.34 bits per heavy atom. The summed E-state index contributed by atoms with van der Waals surface area (Å²) < 4.78 is 0. The molecule has 1 N–H and O–H groups in total. The van der Waals surface area contributed by atoms with E-state index in [4.69, 9.17) is 9.98 Å². The van der Waals surface area contributed by atoms with Crippen LogP contribution in [0.25, 0.3) is 0 Å². The molecule has 1 heterocycles. The molecule has 0 aliphatic carbocycles. The lowest BCUT2D eigenvalue weighted by molar-refractivity contribution is -0.118. The molecule has 1 aliphatic rings. The van der Waals surface area contributed by atoms with Gasteiger partial charge in [0.05, 0.1) is 27.9 Å². The first-order valence-corrected chi connectivity index (χ1v) is 11.9. The maximum absolute atomic E-state index is 12.4. The summed E-state index contributed by atoms with van der Waals surface area (Å²) >= 11 is 1.50. The minimum Gasteiger partial charge on any atom is -0.355 e. The van der Waals surface area contributed by atoms with Crippen molar-refractivity contribution < 1.29 is 4.79 Å². The molecule has 0 bridgehead atoms. The molecular weight excluding hydrogens is 414 g/mol. The van der Waals surface area contributed by atoms with Gasteiger partial charge in [0.15, 0.2) is 0 Å². The molecule has 3 aromatic rings. The molecule has 3 aromatic carbocycles. The first-order chi connectivity index (χ1) is 15.7. The van der Waals surface area contributed by atoms with Gasteiger partial charge >= 0.3 is 0 Å². The highest BCUT2D eigenvalue weighted by Gasteiger charge is 2.16. The number of para-hydroxylation sites is 2. The summed E-state index contributed by atoms with van der Waals surface area (Å²) in [7, 11) is 0. The summed E-state index contributed by atoms with van der Waals surface area (Å²) in [6, 6.07) is 26.7. The Morgan fingerprint density at radius 1 is 0.906 bits per heavy atom. The number of nitrogens with one attached hydrogen (secondary N) is 1. The molecular formula is C27H27N3OS. The van der Waals surface area contributed by atoms with Crippen molar-refractivity contribution >= 4 is 39.8 Å². The molecule has 0 saturated heterocycles. The van der Waals surface area contributed by atoms with E-state index in [0.717, 1.165) is 40.5 Å². The number of thioether (sulfide) groups is 1. The molecule has 0 aromatic heterocycles. The molecule has 5 heteroatoms. The molecule has 4 nitrogen and oxygen atoms in total. The summed E-state index contributed by atoms with van der Waals surface area (Å²) in [5.74, 6) is 0.394. The van der Waals surface area contributed by atoms with Gasteiger partial charge in [-0.25, -0.2) is 4.99 Å². The molecule has 0 radical (unpaired) electrons. The van der Waals surface area contributed by atoms with Crippen LogP contribution in [0.3, 0.4) is 0 Å². The van der Waals surface area contributed by atoms with Gasteiger partial charge in [0.1, 0.15) is 0 Å². The molecule has 0 atom stereocenters. The van der Waals surface area contributed by atoms with Crippen LogP contribution in [0, 0.1) is 6.92 Å². The molecule has 0 fully saturated rings. The number of hydrogen-bond donors (Lipinski definition) is 1. The van der Waals surface area contributed by atoms with E-state index in [1.165, 1.54) is 22.9 Å². The van der Waals surface area contributed by atoms with Crippen LogP contribution in [-0.2, 0) is 11.2 Å². The topological polar surface area (TPSA) is 53.8 Å². The van der Waals surface area contributed by atoms with Crippen molar-refractivity contribution in [1.82, 2.24) is 5.32 Å². The minimum absolute atomic E-state index is 0.0390. The number of aliphatic imine (C=N–C) groups is 2. The number of carbonyl (C=O) groups excluding carboxylic acids is 1. The zero-order valence-corrected chi connectivity index (χ0v) is 19.1. The second-order valence-corrected chi connectivity index (χ2v) is 8.87. The summed E-state index contributed by atoms with van der Waals surface area (Å²) in [6.07, 6.45) is 2.51. The lowest BCUT2D eigenvalue weighted by atomic mass is 10.1. The maximum atomic E-state index is 12.4. The van der Waals surface area contributed by atoms with E-state index in [1.54, 1.807) is 0 Å². The average Bonchev–Trinajstić information content (AvgIpc) is 3.01. The molecule has 0 spiro atoms. The molecule has 0 unspecified atom stereocenters. The Morgan fingerprint density at radius 2 is 1.59 bits per heavy atom. The predicted octanol–water partition coefficient (Wildman–Crippen LogP) is 6.03. The highest BCUT2D eigenvalue weighted by Crippen LogP contribution is 2.33. The molecule has 1 aliphatic heterocycles. The van der Waals surface area contributed by atoms with E-state index in [2.05, 4.69) is 48.6 Å². The Kier molecular flexibility index (Phi) is 7.51. The maximum Gasteiger partial charge on any atom is 0.230 e. The van der Waals surface area contributed by atoms with Gasteiger partial charge in [0, 0.05) is 13.0 Å². The standard InChI is InChI=1S/C27H27N3OS/c1-20-13-15-22(16-14-20)25-18-27(30-24-12-6-5-11-23(24)29-25)32-19-26(31)28-17-7-10-21-8-3-2-4-9-21/h2-6,8-9,11-16H,7,10,17-19H2,1H3,(H,28,31). The van der Waals surface area contributed by atoms with Crippen molar-refractivity contribution in [3.05, 3.63) is 95.6 Å². The van der Waals surface area contributed by atoms with Crippen molar-refractivity contribution in [3.63, 3.8) is 0 Å². The van der Waals surface area contributed by atoms with E-state index < -0.39 is 0 Å².